The summed E-state index contributed by atoms with van der Waals surface area (Å²) in [5.74, 6) is -2.40. The minimum Gasteiger partial charge on any atom is -0.352 e. The van der Waals surface area contributed by atoms with Crippen LogP contribution < -0.4 is 9.62 Å². The summed E-state index contributed by atoms with van der Waals surface area (Å²) in [6.07, 6.45) is 0.313. The second-order valence-electron chi connectivity index (χ2n) is 9.13. The van der Waals surface area contributed by atoms with Crippen LogP contribution >= 0.6 is 11.6 Å². The number of aryl methyl sites for hydroxylation is 1. The van der Waals surface area contributed by atoms with Crippen molar-refractivity contribution in [1.82, 2.24) is 5.32 Å². The topological polar surface area (TPSA) is 66.5 Å². The molecule has 5 nitrogen and oxygen atoms in total. The van der Waals surface area contributed by atoms with Crippen LogP contribution in [-0.2, 0) is 27.8 Å². The second-order valence-corrected chi connectivity index (χ2v) is 11.4. The monoisotopic (exact) mass is 586 g/mol. The average molecular weight is 587 g/mol. The van der Waals surface area contributed by atoms with Crippen LogP contribution in [0.3, 0.4) is 0 Å². The summed E-state index contributed by atoms with van der Waals surface area (Å²) in [6.45, 7) is 1.72. The maximum atomic E-state index is 15.0. The highest BCUT2D eigenvalue weighted by Crippen LogP contribution is 2.37. The lowest BCUT2D eigenvalue weighted by atomic mass is 9.97. The average Bonchev–Trinajstić information content (AvgIpc) is 2.93. The molecule has 10 heteroatoms. The van der Waals surface area contributed by atoms with Gasteiger partial charge in [-0.25, -0.2) is 21.6 Å². The zero-order valence-corrected chi connectivity index (χ0v) is 23.0. The number of carbonyl (C=O) groups is 1. The maximum absolute atomic E-state index is 15.0. The number of benzene rings is 4. The first kappa shape index (κ1) is 29.2. The van der Waals surface area contributed by atoms with Gasteiger partial charge in [0.15, 0.2) is 0 Å². The first-order valence-electron chi connectivity index (χ1n) is 12.4. The number of amides is 1. The minimum absolute atomic E-state index is 0.0668. The lowest BCUT2D eigenvalue weighted by Crippen LogP contribution is -2.35. The smallest absolute Gasteiger partial charge is 0.264 e. The summed E-state index contributed by atoms with van der Waals surface area (Å²) in [7, 11) is -4.39. The molecule has 0 aromatic heterocycles. The van der Waals surface area contributed by atoms with Gasteiger partial charge in [0, 0.05) is 24.1 Å². The van der Waals surface area contributed by atoms with Gasteiger partial charge in [0.1, 0.15) is 17.5 Å². The van der Waals surface area contributed by atoms with Crippen molar-refractivity contribution in [3.8, 4) is 0 Å². The van der Waals surface area contributed by atoms with Crippen molar-refractivity contribution in [3.05, 3.63) is 130 Å². The van der Waals surface area contributed by atoms with E-state index in [0.717, 1.165) is 22.5 Å². The number of carbonyl (C=O) groups excluding carboxylic acids is 1. The Hall–Kier alpha value is -3.82. The van der Waals surface area contributed by atoms with Gasteiger partial charge in [0.05, 0.1) is 16.6 Å². The fourth-order valence-corrected chi connectivity index (χ4v) is 6.16. The molecule has 1 amide bonds. The van der Waals surface area contributed by atoms with Crippen LogP contribution in [0.25, 0.3) is 0 Å². The zero-order valence-electron chi connectivity index (χ0n) is 21.5. The quantitative estimate of drug-likeness (QED) is 0.218. The van der Waals surface area contributed by atoms with Crippen molar-refractivity contribution < 1.29 is 26.4 Å². The van der Waals surface area contributed by atoms with Gasteiger partial charge in [-0.1, -0.05) is 48.0 Å². The molecule has 4 aromatic carbocycles. The molecule has 0 fully saturated rings. The Balaban J connectivity index is 1.63. The van der Waals surface area contributed by atoms with Crippen molar-refractivity contribution in [1.29, 1.82) is 0 Å². The van der Waals surface area contributed by atoms with E-state index in [-0.39, 0.29) is 30.2 Å². The third-order valence-electron chi connectivity index (χ3n) is 6.37. The number of halogens is 4. The van der Waals surface area contributed by atoms with E-state index in [4.69, 9.17) is 11.6 Å². The standard InChI is InChI=1S/C30H26ClF3N2O3S/c1-20(27-8-3-2-6-22(27)9-16-30(37)35-19-21-5-4-7-24(32)17-21)36(29-18-25(33)12-15-28(29)34)40(38,39)26-13-10-23(31)11-14-26/h2-8,10-15,17-18,20H,9,16,19H2,1H3,(H,35,37)/t20-/m1/s1. The Labute approximate surface area is 236 Å². The molecule has 4 rings (SSSR count). The van der Waals surface area contributed by atoms with Gasteiger partial charge < -0.3 is 5.32 Å². The van der Waals surface area contributed by atoms with Gasteiger partial charge in [-0.15, -0.1) is 0 Å². The van der Waals surface area contributed by atoms with Crippen molar-refractivity contribution in [2.45, 2.75) is 37.2 Å². The van der Waals surface area contributed by atoms with Crippen LogP contribution in [0.15, 0.2) is 95.9 Å². The number of rotatable bonds is 10. The van der Waals surface area contributed by atoms with E-state index in [1.165, 1.54) is 36.4 Å². The van der Waals surface area contributed by atoms with Crippen LogP contribution in [0.2, 0.25) is 5.02 Å². The summed E-state index contributed by atoms with van der Waals surface area (Å²) < 4.78 is 71.2. The van der Waals surface area contributed by atoms with E-state index in [1.807, 2.05) is 0 Å². The SMILES string of the molecule is C[C@H](c1ccccc1CCC(=O)NCc1cccc(F)c1)N(c1cc(F)ccc1F)S(=O)(=O)c1ccc(Cl)cc1. The fourth-order valence-electron chi connectivity index (χ4n) is 4.40. The van der Waals surface area contributed by atoms with Crippen LogP contribution in [0.4, 0.5) is 18.9 Å². The van der Waals surface area contributed by atoms with Gasteiger partial charge in [-0.2, -0.15) is 0 Å². The fraction of sp³-hybridized carbons (Fsp3) is 0.167. The van der Waals surface area contributed by atoms with Crippen LogP contribution in [0.1, 0.15) is 36.1 Å². The molecule has 0 aliphatic carbocycles. The van der Waals surface area contributed by atoms with Crippen molar-refractivity contribution in [2.24, 2.45) is 0 Å². The van der Waals surface area contributed by atoms with Crippen molar-refractivity contribution >= 4 is 33.2 Å². The number of anilines is 1. The third-order valence-corrected chi connectivity index (χ3v) is 8.52. The Morgan fingerprint density at radius 3 is 2.33 bits per heavy atom. The van der Waals surface area contributed by atoms with Crippen molar-refractivity contribution in [3.63, 3.8) is 0 Å². The number of hydrogen-bond acceptors (Lipinski definition) is 3. The molecule has 1 atom stereocenters. The zero-order chi connectivity index (χ0) is 28.9. The predicted molar refractivity (Wildman–Crippen MR) is 149 cm³/mol. The summed E-state index contributed by atoms with van der Waals surface area (Å²) in [5, 5.41) is 3.06. The number of nitrogens with one attached hydrogen (secondary N) is 1. The lowest BCUT2D eigenvalue weighted by Gasteiger charge is -2.32. The highest BCUT2D eigenvalue weighted by atomic mass is 35.5. The van der Waals surface area contributed by atoms with Gasteiger partial charge in [0.2, 0.25) is 5.91 Å². The molecule has 0 saturated carbocycles. The molecule has 4 aromatic rings. The van der Waals surface area contributed by atoms with Crippen LogP contribution in [-0.4, -0.2) is 14.3 Å². The molecule has 40 heavy (non-hydrogen) atoms. The van der Waals surface area contributed by atoms with Gasteiger partial charge in [-0.3, -0.25) is 9.10 Å². The number of nitrogens with zero attached hydrogens (tertiary/aromatic N) is 1. The van der Waals surface area contributed by atoms with Crippen molar-refractivity contribution in [2.75, 3.05) is 4.31 Å². The second kappa shape index (κ2) is 12.6. The third kappa shape index (κ3) is 6.84. The Kier molecular flexibility index (Phi) is 9.17. The molecule has 208 valence electrons. The van der Waals surface area contributed by atoms with E-state index < -0.39 is 39.2 Å². The number of sulfonamides is 1. The molecule has 0 radical (unpaired) electrons. The maximum Gasteiger partial charge on any atom is 0.264 e. The summed E-state index contributed by atoms with van der Waals surface area (Å²) in [6, 6.07) is 19.8. The molecule has 0 bridgehead atoms. The van der Waals surface area contributed by atoms with E-state index >= 15 is 4.39 Å². The molecule has 0 spiro atoms. The highest BCUT2D eigenvalue weighted by Gasteiger charge is 2.33. The normalized spacial score (nSPS) is 12.1. The summed E-state index contributed by atoms with van der Waals surface area (Å²) in [4.78, 5) is 12.4. The summed E-state index contributed by atoms with van der Waals surface area (Å²) in [5.41, 5.74) is 1.33. The first-order valence-corrected chi connectivity index (χ1v) is 14.2. The van der Waals surface area contributed by atoms with E-state index in [1.54, 1.807) is 43.3 Å². The molecule has 0 aliphatic heterocycles. The summed E-state index contributed by atoms with van der Waals surface area (Å²) >= 11 is 5.94. The van der Waals surface area contributed by atoms with Gasteiger partial charge >= 0.3 is 0 Å². The van der Waals surface area contributed by atoms with E-state index in [2.05, 4.69) is 5.32 Å². The molecular weight excluding hydrogens is 561 g/mol. The predicted octanol–water partition coefficient (Wildman–Crippen LogP) is 6.96. The molecule has 1 N–H and O–H groups in total. The van der Waals surface area contributed by atoms with Gasteiger partial charge in [-0.05, 0) is 78.6 Å². The molecular formula is C30H26ClF3N2O3S. The van der Waals surface area contributed by atoms with Gasteiger partial charge in [0.25, 0.3) is 10.0 Å². The van der Waals surface area contributed by atoms with Crippen LogP contribution in [0, 0.1) is 17.5 Å². The lowest BCUT2D eigenvalue weighted by molar-refractivity contribution is -0.121. The number of hydrogen-bond donors (Lipinski definition) is 1. The molecule has 0 heterocycles. The van der Waals surface area contributed by atoms with E-state index in [9.17, 15) is 22.0 Å². The Bertz CT molecular complexity index is 1620. The Morgan fingerprint density at radius 1 is 0.900 bits per heavy atom. The first-order chi connectivity index (χ1) is 19.1. The van der Waals surface area contributed by atoms with Crippen LogP contribution in [0.5, 0.6) is 0 Å². The Morgan fingerprint density at radius 2 is 1.60 bits per heavy atom. The highest BCUT2D eigenvalue weighted by molar-refractivity contribution is 7.92. The molecule has 0 saturated heterocycles. The molecule has 0 aliphatic rings. The molecule has 0 unspecified atom stereocenters. The van der Waals surface area contributed by atoms with E-state index in [0.29, 0.717) is 21.7 Å². The largest absolute Gasteiger partial charge is 0.352 e. The minimum atomic E-state index is -4.39.